The van der Waals surface area contributed by atoms with Crippen LogP contribution in [0.1, 0.15) is 47.6 Å². The highest BCUT2D eigenvalue weighted by atomic mass is 16.4. The molecule has 2 heterocycles. The Kier molecular flexibility index (Phi) is 6.52. The molecule has 1 unspecified atom stereocenters. The SMILES string of the molecule is Cc1ccc2c(C)c(CCC(=O)NCC(c3ccccc3)N3CCCC3)c(=O)oc2c1. The van der Waals surface area contributed by atoms with E-state index in [0.717, 1.165) is 29.6 Å². The number of amides is 1. The van der Waals surface area contributed by atoms with Gasteiger partial charge in [0.25, 0.3) is 0 Å². The maximum Gasteiger partial charge on any atom is 0.339 e. The third-order valence-corrected chi connectivity index (χ3v) is 6.30. The lowest BCUT2D eigenvalue weighted by atomic mass is 10.0. The molecule has 0 radical (unpaired) electrons. The fourth-order valence-corrected chi connectivity index (χ4v) is 4.51. The minimum Gasteiger partial charge on any atom is -0.423 e. The summed E-state index contributed by atoms with van der Waals surface area (Å²) in [7, 11) is 0. The molecule has 1 aliphatic rings. The number of nitrogens with one attached hydrogen (secondary N) is 1. The number of nitrogens with zero attached hydrogens (tertiary/aromatic N) is 1. The quantitative estimate of drug-likeness (QED) is 0.581. The molecule has 1 N–H and O–H groups in total. The summed E-state index contributed by atoms with van der Waals surface area (Å²) in [6.45, 7) is 6.60. The minimum atomic E-state index is -0.345. The highest BCUT2D eigenvalue weighted by Gasteiger charge is 2.24. The van der Waals surface area contributed by atoms with Gasteiger partial charge >= 0.3 is 5.63 Å². The van der Waals surface area contributed by atoms with E-state index in [-0.39, 0.29) is 24.0 Å². The van der Waals surface area contributed by atoms with Crippen molar-refractivity contribution in [2.75, 3.05) is 19.6 Å². The largest absolute Gasteiger partial charge is 0.423 e. The van der Waals surface area contributed by atoms with E-state index in [1.54, 1.807) is 0 Å². The molecule has 1 fully saturated rings. The van der Waals surface area contributed by atoms with E-state index in [1.807, 2.05) is 50.2 Å². The van der Waals surface area contributed by atoms with Crippen LogP contribution in [0.2, 0.25) is 0 Å². The van der Waals surface area contributed by atoms with E-state index < -0.39 is 0 Å². The van der Waals surface area contributed by atoms with Crippen molar-refractivity contribution in [2.45, 2.75) is 45.6 Å². The predicted octanol–water partition coefficient (Wildman–Crippen LogP) is 4.30. The smallest absolute Gasteiger partial charge is 0.339 e. The summed E-state index contributed by atoms with van der Waals surface area (Å²) in [4.78, 5) is 27.6. The fourth-order valence-electron chi connectivity index (χ4n) is 4.51. The molecule has 5 nitrogen and oxygen atoms in total. The second-order valence-corrected chi connectivity index (χ2v) is 8.47. The second kappa shape index (κ2) is 9.48. The van der Waals surface area contributed by atoms with Crippen LogP contribution in [0.25, 0.3) is 11.0 Å². The number of likely N-dealkylation sites (tertiary alicyclic amines) is 1. The van der Waals surface area contributed by atoms with Crippen LogP contribution in [-0.2, 0) is 11.2 Å². The van der Waals surface area contributed by atoms with Gasteiger partial charge in [0.15, 0.2) is 0 Å². The number of fused-ring (bicyclic) bond motifs is 1. The summed E-state index contributed by atoms with van der Waals surface area (Å²) >= 11 is 0. The number of rotatable bonds is 7. The fraction of sp³-hybridized carbons (Fsp3) is 0.385. The molecule has 1 atom stereocenters. The number of hydrogen-bond acceptors (Lipinski definition) is 4. The number of benzene rings is 2. The van der Waals surface area contributed by atoms with Crippen molar-refractivity contribution in [3.8, 4) is 0 Å². The predicted molar refractivity (Wildman–Crippen MR) is 123 cm³/mol. The maximum atomic E-state index is 12.6. The first kappa shape index (κ1) is 21.3. The van der Waals surface area contributed by atoms with Crippen LogP contribution in [0.3, 0.4) is 0 Å². The summed E-state index contributed by atoms with van der Waals surface area (Å²) in [5, 5.41) is 4.03. The first-order valence-electron chi connectivity index (χ1n) is 11.1. The molecular weight excluding hydrogens is 388 g/mol. The van der Waals surface area contributed by atoms with Gasteiger partial charge in [0.2, 0.25) is 5.91 Å². The van der Waals surface area contributed by atoms with Crippen molar-refractivity contribution in [1.82, 2.24) is 10.2 Å². The summed E-state index contributed by atoms with van der Waals surface area (Å²) in [6, 6.07) is 16.4. The summed E-state index contributed by atoms with van der Waals surface area (Å²) in [5.41, 5.74) is 4.03. The molecule has 0 spiro atoms. The molecule has 31 heavy (non-hydrogen) atoms. The lowest BCUT2D eigenvalue weighted by Gasteiger charge is -2.28. The lowest BCUT2D eigenvalue weighted by molar-refractivity contribution is -0.121. The molecule has 1 amide bonds. The van der Waals surface area contributed by atoms with Crippen LogP contribution in [-0.4, -0.2) is 30.4 Å². The van der Waals surface area contributed by atoms with Gasteiger partial charge in [0.05, 0.1) is 6.04 Å². The summed E-state index contributed by atoms with van der Waals surface area (Å²) < 4.78 is 5.52. The summed E-state index contributed by atoms with van der Waals surface area (Å²) in [5.74, 6) is -0.0390. The molecule has 0 aliphatic carbocycles. The Morgan fingerprint density at radius 3 is 2.58 bits per heavy atom. The second-order valence-electron chi connectivity index (χ2n) is 8.47. The molecule has 162 valence electrons. The van der Waals surface area contributed by atoms with Crippen LogP contribution in [0.5, 0.6) is 0 Å². The van der Waals surface area contributed by atoms with Crippen LogP contribution in [0.4, 0.5) is 0 Å². The van der Waals surface area contributed by atoms with Gasteiger partial charge in [-0.05, 0) is 69.0 Å². The van der Waals surface area contributed by atoms with E-state index in [9.17, 15) is 9.59 Å². The average Bonchev–Trinajstić information content (AvgIpc) is 3.29. The zero-order chi connectivity index (χ0) is 21.8. The van der Waals surface area contributed by atoms with Gasteiger partial charge in [0.1, 0.15) is 5.58 Å². The van der Waals surface area contributed by atoms with Gasteiger partial charge in [-0.3, -0.25) is 9.69 Å². The Morgan fingerprint density at radius 2 is 1.84 bits per heavy atom. The van der Waals surface area contributed by atoms with Gasteiger partial charge < -0.3 is 9.73 Å². The minimum absolute atomic E-state index is 0.0390. The molecule has 1 saturated heterocycles. The van der Waals surface area contributed by atoms with E-state index in [0.29, 0.717) is 24.1 Å². The van der Waals surface area contributed by atoms with E-state index in [4.69, 9.17) is 4.42 Å². The van der Waals surface area contributed by atoms with Gasteiger partial charge in [-0.25, -0.2) is 4.79 Å². The Bertz CT molecular complexity index is 1110. The molecular formula is C26H30N2O3. The average molecular weight is 419 g/mol. The van der Waals surface area contributed by atoms with Gasteiger partial charge in [-0.2, -0.15) is 0 Å². The van der Waals surface area contributed by atoms with Crippen molar-refractivity contribution in [3.63, 3.8) is 0 Å². The molecule has 2 aromatic carbocycles. The van der Waals surface area contributed by atoms with Crippen molar-refractivity contribution in [1.29, 1.82) is 0 Å². The van der Waals surface area contributed by atoms with Crippen LogP contribution in [0, 0.1) is 13.8 Å². The molecule has 1 aromatic heterocycles. The number of carbonyl (C=O) groups is 1. The van der Waals surface area contributed by atoms with Crippen molar-refractivity contribution in [2.24, 2.45) is 0 Å². The molecule has 0 saturated carbocycles. The summed E-state index contributed by atoms with van der Waals surface area (Å²) in [6.07, 6.45) is 3.05. The molecule has 3 aromatic rings. The maximum absolute atomic E-state index is 12.6. The number of aryl methyl sites for hydroxylation is 2. The van der Waals surface area contributed by atoms with Crippen LogP contribution < -0.4 is 10.9 Å². The third-order valence-electron chi connectivity index (χ3n) is 6.30. The normalized spacial score (nSPS) is 15.3. The molecule has 1 aliphatic heterocycles. The highest BCUT2D eigenvalue weighted by molar-refractivity contribution is 5.82. The Balaban J connectivity index is 1.42. The van der Waals surface area contributed by atoms with E-state index in [1.165, 1.54) is 18.4 Å². The van der Waals surface area contributed by atoms with E-state index in [2.05, 4.69) is 22.3 Å². The van der Waals surface area contributed by atoms with Crippen molar-refractivity contribution < 1.29 is 9.21 Å². The Hall–Kier alpha value is -2.92. The van der Waals surface area contributed by atoms with Crippen LogP contribution in [0.15, 0.2) is 57.7 Å². The zero-order valence-corrected chi connectivity index (χ0v) is 18.3. The van der Waals surface area contributed by atoms with E-state index >= 15 is 0 Å². The topological polar surface area (TPSA) is 62.6 Å². The van der Waals surface area contributed by atoms with Gasteiger partial charge in [-0.15, -0.1) is 0 Å². The molecule has 0 bridgehead atoms. The standard InChI is InChI=1S/C26H30N2O3/c1-18-10-11-21-19(2)22(26(30)31-24(21)16-18)12-13-25(29)27-17-23(28-14-6-7-15-28)20-8-4-3-5-9-20/h3-5,8-11,16,23H,6-7,12-15,17H2,1-2H3,(H,27,29). The van der Waals surface area contributed by atoms with Crippen molar-refractivity contribution in [3.05, 3.63) is 81.2 Å². The van der Waals surface area contributed by atoms with Crippen molar-refractivity contribution >= 4 is 16.9 Å². The monoisotopic (exact) mass is 418 g/mol. The highest BCUT2D eigenvalue weighted by Crippen LogP contribution is 2.25. The van der Waals surface area contributed by atoms with Gasteiger partial charge in [0, 0.05) is 23.9 Å². The lowest BCUT2D eigenvalue weighted by Crippen LogP contribution is -2.37. The first-order valence-corrected chi connectivity index (χ1v) is 11.1. The van der Waals surface area contributed by atoms with Gasteiger partial charge in [-0.1, -0.05) is 42.5 Å². The third kappa shape index (κ3) is 4.88. The first-order chi connectivity index (χ1) is 15.0. The molecule has 5 heteroatoms. The Morgan fingerprint density at radius 1 is 1.10 bits per heavy atom. The number of hydrogen-bond donors (Lipinski definition) is 1. The zero-order valence-electron chi connectivity index (χ0n) is 18.3. The molecule has 4 rings (SSSR count). The Labute approximate surface area is 183 Å². The number of carbonyl (C=O) groups excluding carboxylic acids is 1. The van der Waals surface area contributed by atoms with Crippen LogP contribution >= 0.6 is 0 Å².